The van der Waals surface area contributed by atoms with Crippen molar-refractivity contribution in [1.29, 1.82) is 0 Å². The van der Waals surface area contributed by atoms with Crippen molar-refractivity contribution in [3.8, 4) is 0 Å². The van der Waals surface area contributed by atoms with Gasteiger partial charge in [-0.15, -0.1) is 0 Å². The van der Waals surface area contributed by atoms with Crippen LogP contribution in [0.1, 0.15) is 21.5 Å². The van der Waals surface area contributed by atoms with Gasteiger partial charge in [-0.25, -0.2) is 0 Å². The number of nitrogens with two attached hydrogens (primary N) is 1. The molecule has 0 radical (unpaired) electrons. The van der Waals surface area contributed by atoms with Gasteiger partial charge < -0.3 is 11.1 Å². The molecule has 0 saturated carbocycles. The van der Waals surface area contributed by atoms with E-state index in [-0.39, 0.29) is 5.91 Å². The largest absolute Gasteiger partial charge is 0.366 e. The molecule has 1 amide bonds. The number of benzene rings is 1. The molecule has 0 spiro atoms. The Bertz CT molecular complexity index is 366. The van der Waals surface area contributed by atoms with Crippen molar-refractivity contribution in [1.82, 2.24) is 5.32 Å². The molecule has 1 rings (SSSR count). The Balaban J connectivity index is 2.57. The highest BCUT2D eigenvalue weighted by atomic mass is 32.2. The molecule has 0 aromatic heterocycles. The number of aryl methyl sites for hydroxylation is 1. The summed E-state index contributed by atoms with van der Waals surface area (Å²) in [5, 5.41) is 3.36. The van der Waals surface area contributed by atoms with Crippen molar-refractivity contribution in [3.63, 3.8) is 0 Å². The third-order valence-electron chi connectivity index (χ3n) is 2.43. The zero-order valence-electron chi connectivity index (χ0n) is 9.75. The first kappa shape index (κ1) is 13.1. The van der Waals surface area contributed by atoms with E-state index in [4.69, 9.17) is 5.73 Å². The van der Waals surface area contributed by atoms with E-state index in [2.05, 4.69) is 11.6 Å². The van der Waals surface area contributed by atoms with E-state index in [0.717, 1.165) is 24.4 Å². The zero-order valence-corrected chi connectivity index (χ0v) is 10.6. The van der Waals surface area contributed by atoms with Crippen molar-refractivity contribution < 1.29 is 4.79 Å². The van der Waals surface area contributed by atoms with Gasteiger partial charge in [-0.3, -0.25) is 4.79 Å². The number of carbonyl (C=O) groups excluding carboxylic acids is 1. The van der Waals surface area contributed by atoms with E-state index in [1.165, 1.54) is 5.56 Å². The molecule has 0 bridgehead atoms. The molecular weight excluding hydrogens is 220 g/mol. The fourth-order valence-electron chi connectivity index (χ4n) is 1.44. The van der Waals surface area contributed by atoms with Gasteiger partial charge >= 0.3 is 0 Å². The lowest BCUT2D eigenvalue weighted by atomic mass is 10.0. The van der Waals surface area contributed by atoms with E-state index < -0.39 is 0 Å². The summed E-state index contributed by atoms with van der Waals surface area (Å²) >= 11 is 1.82. The molecule has 0 unspecified atom stereocenters. The van der Waals surface area contributed by atoms with Crippen LogP contribution in [0.25, 0.3) is 0 Å². The summed E-state index contributed by atoms with van der Waals surface area (Å²) in [7, 11) is 0. The van der Waals surface area contributed by atoms with E-state index >= 15 is 0 Å². The Morgan fingerprint density at radius 3 is 2.81 bits per heavy atom. The third-order valence-corrected chi connectivity index (χ3v) is 3.04. The predicted molar refractivity (Wildman–Crippen MR) is 69.8 cm³/mol. The number of nitrogens with one attached hydrogen (secondary N) is 1. The van der Waals surface area contributed by atoms with E-state index in [1.54, 1.807) is 6.07 Å². The highest BCUT2D eigenvalue weighted by molar-refractivity contribution is 7.98. The van der Waals surface area contributed by atoms with Crippen LogP contribution in [0.2, 0.25) is 0 Å². The molecular formula is C12H18N2OS. The maximum Gasteiger partial charge on any atom is 0.248 e. The molecule has 1 aromatic carbocycles. The molecule has 0 aliphatic rings. The number of amides is 1. The average molecular weight is 238 g/mol. The molecule has 0 saturated heterocycles. The Hall–Kier alpha value is -1.00. The second kappa shape index (κ2) is 6.55. The molecule has 0 aliphatic carbocycles. The highest BCUT2D eigenvalue weighted by Gasteiger charge is 2.03. The van der Waals surface area contributed by atoms with Crippen LogP contribution < -0.4 is 11.1 Å². The van der Waals surface area contributed by atoms with Gasteiger partial charge in [-0.05, 0) is 36.4 Å². The Morgan fingerprint density at radius 1 is 1.50 bits per heavy atom. The van der Waals surface area contributed by atoms with Crippen LogP contribution in [0.5, 0.6) is 0 Å². The van der Waals surface area contributed by atoms with Crippen LogP contribution in [0.3, 0.4) is 0 Å². The SMILES string of the molecule is CSCCNCc1ccc(C(N)=O)cc1C. The third kappa shape index (κ3) is 3.87. The monoisotopic (exact) mass is 238 g/mol. The number of primary amides is 1. The van der Waals surface area contributed by atoms with Crippen LogP contribution in [-0.4, -0.2) is 24.5 Å². The summed E-state index contributed by atoms with van der Waals surface area (Å²) in [4.78, 5) is 11.0. The smallest absolute Gasteiger partial charge is 0.248 e. The van der Waals surface area contributed by atoms with Gasteiger partial charge in [0.1, 0.15) is 0 Å². The minimum Gasteiger partial charge on any atom is -0.366 e. The van der Waals surface area contributed by atoms with Crippen LogP contribution in [0, 0.1) is 6.92 Å². The fourth-order valence-corrected chi connectivity index (χ4v) is 1.79. The highest BCUT2D eigenvalue weighted by Crippen LogP contribution is 2.10. The minimum atomic E-state index is -0.370. The Morgan fingerprint density at radius 2 is 2.25 bits per heavy atom. The number of hydrogen-bond donors (Lipinski definition) is 2. The molecule has 88 valence electrons. The fraction of sp³-hybridized carbons (Fsp3) is 0.417. The van der Waals surface area contributed by atoms with E-state index in [0.29, 0.717) is 5.56 Å². The van der Waals surface area contributed by atoms with Gasteiger partial charge in [0.05, 0.1) is 0 Å². The van der Waals surface area contributed by atoms with Gasteiger partial charge in [0.25, 0.3) is 0 Å². The van der Waals surface area contributed by atoms with E-state index in [9.17, 15) is 4.79 Å². The zero-order chi connectivity index (χ0) is 12.0. The first-order valence-corrected chi connectivity index (χ1v) is 6.63. The van der Waals surface area contributed by atoms with Gasteiger partial charge in [0, 0.05) is 24.4 Å². The molecule has 4 heteroatoms. The lowest BCUT2D eigenvalue weighted by Crippen LogP contribution is -2.17. The maximum absolute atomic E-state index is 11.0. The summed E-state index contributed by atoms with van der Waals surface area (Å²) in [5.41, 5.74) is 8.11. The summed E-state index contributed by atoms with van der Waals surface area (Å²) < 4.78 is 0. The van der Waals surface area contributed by atoms with Crippen molar-refractivity contribution >= 4 is 17.7 Å². The molecule has 3 N–H and O–H groups in total. The van der Waals surface area contributed by atoms with Gasteiger partial charge in [-0.2, -0.15) is 11.8 Å². The second-order valence-electron chi connectivity index (χ2n) is 3.68. The van der Waals surface area contributed by atoms with Gasteiger partial charge in [-0.1, -0.05) is 6.07 Å². The van der Waals surface area contributed by atoms with Crippen molar-refractivity contribution in [3.05, 3.63) is 34.9 Å². The first-order chi connectivity index (χ1) is 7.65. The summed E-state index contributed by atoms with van der Waals surface area (Å²) in [6.07, 6.45) is 2.09. The standard InChI is InChI=1S/C12H18N2OS/c1-9-7-10(12(13)15)3-4-11(9)8-14-5-6-16-2/h3-4,7,14H,5-6,8H2,1-2H3,(H2,13,15). The Labute approximate surface area is 101 Å². The van der Waals surface area contributed by atoms with Gasteiger partial charge in [0.15, 0.2) is 0 Å². The average Bonchev–Trinajstić information content (AvgIpc) is 2.26. The number of carbonyl (C=O) groups is 1. The minimum absolute atomic E-state index is 0.370. The van der Waals surface area contributed by atoms with Crippen LogP contribution in [0.4, 0.5) is 0 Å². The number of thioether (sulfide) groups is 1. The second-order valence-corrected chi connectivity index (χ2v) is 4.66. The summed E-state index contributed by atoms with van der Waals surface area (Å²) in [6, 6.07) is 5.58. The number of hydrogen-bond acceptors (Lipinski definition) is 3. The first-order valence-electron chi connectivity index (χ1n) is 5.24. The molecule has 1 aromatic rings. The molecule has 0 aliphatic heterocycles. The quantitative estimate of drug-likeness (QED) is 0.739. The van der Waals surface area contributed by atoms with Crippen molar-refractivity contribution in [2.24, 2.45) is 5.73 Å². The summed E-state index contributed by atoms with van der Waals surface area (Å²) in [5.74, 6) is 0.739. The van der Waals surface area contributed by atoms with Crippen molar-refractivity contribution in [2.75, 3.05) is 18.6 Å². The lowest BCUT2D eigenvalue weighted by molar-refractivity contribution is 0.1000. The normalized spacial score (nSPS) is 10.4. The molecule has 3 nitrogen and oxygen atoms in total. The summed E-state index contributed by atoms with van der Waals surface area (Å²) in [6.45, 7) is 3.83. The van der Waals surface area contributed by atoms with Crippen molar-refractivity contribution in [2.45, 2.75) is 13.5 Å². The molecule has 16 heavy (non-hydrogen) atoms. The Kier molecular flexibility index (Phi) is 5.35. The molecule has 0 heterocycles. The van der Waals surface area contributed by atoms with Crippen LogP contribution in [-0.2, 0) is 6.54 Å². The number of rotatable bonds is 6. The predicted octanol–water partition coefficient (Wildman–Crippen LogP) is 1.55. The van der Waals surface area contributed by atoms with E-state index in [1.807, 2.05) is 30.8 Å². The topological polar surface area (TPSA) is 55.1 Å². The molecule has 0 atom stereocenters. The lowest BCUT2D eigenvalue weighted by Gasteiger charge is -2.08. The van der Waals surface area contributed by atoms with Crippen LogP contribution >= 0.6 is 11.8 Å². The van der Waals surface area contributed by atoms with Gasteiger partial charge in [0.2, 0.25) is 5.91 Å². The maximum atomic E-state index is 11.0. The molecule has 0 fully saturated rings. The van der Waals surface area contributed by atoms with Crippen LogP contribution in [0.15, 0.2) is 18.2 Å².